The molecule has 2 saturated heterocycles. The maximum Gasteiger partial charge on any atom is 0.237 e. The van der Waals surface area contributed by atoms with Crippen molar-refractivity contribution >= 4 is 28.5 Å². The summed E-state index contributed by atoms with van der Waals surface area (Å²) in [4.78, 5) is 14.0. The van der Waals surface area contributed by atoms with Crippen molar-refractivity contribution in [2.45, 2.75) is 17.4 Å². The number of rotatable bonds is 3. The third-order valence-electron chi connectivity index (χ3n) is 4.10. The van der Waals surface area contributed by atoms with E-state index >= 15 is 0 Å². The van der Waals surface area contributed by atoms with Gasteiger partial charge in [0.2, 0.25) is 5.91 Å². The van der Waals surface area contributed by atoms with E-state index in [0.29, 0.717) is 32.8 Å². The highest BCUT2D eigenvalue weighted by Gasteiger charge is 2.49. The van der Waals surface area contributed by atoms with Crippen molar-refractivity contribution in [3.05, 3.63) is 29.8 Å². The summed E-state index contributed by atoms with van der Waals surface area (Å²) >= 11 is 5.57. The van der Waals surface area contributed by atoms with Gasteiger partial charge in [-0.3, -0.25) is 4.79 Å². The molecule has 5 nitrogen and oxygen atoms in total. The fourth-order valence-electron chi connectivity index (χ4n) is 2.86. The number of benzene rings is 1. The number of halogens is 1. The van der Waals surface area contributed by atoms with Gasteiger partial charge in [-0.25, -0.2) is 8.51 Å². The molecular weight excluding hydrogens is 324 g/mol. The number of nitrogens with zero attached hydrogens (tertiary/aromatic N) is 2. The number of carbonyl (C=O) groups is 1. The van der Waals surface area contributed by atoms with Gasteiger partial charge in [-0.1, -0.05) is 17.7 Å². The molecule has 0 bridgehead atoms. The third-order valence-corrected chi connectivity index (χ3v) is 5.78. The van der Waals surface area contributed by atoms with Crippen molar-refractivity contribution in [1.29, 1.82) is 0 Å². The molecule has 0 N–H and O–H groups in total. The monoisotopic (exact) mass is 342 g/mol. The molecule has 1 unspecified atom stereocenters. The predicted molar refractivity (Wildman–Crippen MR) is 85.1 cm³/mol. The number of alkyl halides is 1. The van der Waals surface area contributed by atoms with E-state index in [1.165, 1.54) is 0 Å². The maximum atomic E-state index is 12.7. The molecule has 1 spiro atoms. The second kappa shape index (κ2) is 6.28. The quantitative estimate of drug-likeness (QED) is 0.775. The predicted octanol–water partition coefficient (Wildman–Crippen LogP) is 1.17. The second-order valence-electron chi connectivity index (χ2n) is 5.84. The van der Waals surface area contributed by atoms with Crippen molar-refractivity contribution < 1.29 is 13.7 Å². The summed E-state index contributed by atoms with van der Waals surface area (Å²) in [5.74, 6) is -0.0811. The Bertz CT molecular complexity index is 587. The highest BCUT2D eigenvalue weighted by molar-refractivity contribution is 7.82. The summed E-state index contributed by atoms with van der Waals surface area (Å²) in [6.45, 7) is 4.79. The van der Waals surface area contributed by atoms with Crippen LogP contribution in [-0.2, 0) is 20.5 Å². The van der Waals surface area contributed by atoms with Crippen molar-refractivity contribution in [2.75, 3.05) is 38.7 Å². The molecule has 0 aromatic heterocycles. The van der Waals surface area contributed by atoms with Crippen LogP contribution in [0.4, 0.5) is 0 Å². The molecule has 120 valence electrons. The Morgan fingerprint density at radius 1 is 1.32 bits per heavy atom. The number of amides is 1. The van der Waals surface area contributed by atoms with Crippen LogP contribution >= 0.6 is 11.6 Å². The Kier molecular flexibility index (Phi) is 4.54. The first kappa shape index (κ1) is 15.9. The third kappa shape index (κ3) is 3.06. The molecule has 22 heavy (non-hydrogen) atoms. The number of aryl methyl sites for hydroxylation is 1. The number of morpholine rings is 1. The molecule has 1 aromatic carbocycles. The normalized spacial score (nSPS) is 22.4. The minimum atomic E-state index is -1.19. The lowest BCUT2D eigenvalue weighted by Crippen LogP contribution is -2.71. The fraction of sp³-hybridized carbons (Fsp3) is 0.533. The van der Waals surface area contributed by atoms with E-state index in [2.05, 4.69) is 0 Å². The minimum Gasteiger partial charge on any atom is -0.369 e. The van der Waals surface area contributed by atoms with Crippen molar-refractivity contribution in [1.82, 2.24) is 9.21 Å². The zero-order valence-electron chi connectivity index (χ0n) is 12.5. The first-order valence-corrected chi connectivity index (χ1v) is 8.88. The zero-order chi connectivity index (χ0) is 15.7. The topological polar surface area (TPSA) is 49.9 Å². The summed E-state index contributed by atoms with van der Waals surface area (Å²) in [7, 11) is -1.19. The lowest BCUT2D eigenvalue weighted by Gasteiger charge is -2.53. The lowest BCUT2D eigenvalue weighted by atomic mass is 9.92. The molecule has 3 rings (SSSR count). The van der Waals surface area contributed by atoms with Crippen LogP contribution in [0.25, 0.3) is 0 Å². The van der Waals surface area contributed by atoms with Crippen LogP contribution in [0, 0.1) is 6.92 Å². The van der Waals surface area contributed by atoms with Crippen LogP contribution in [-0.4, -0.2) is 63.6 Å². The van der Waals surface area contributed by atoms with Crippen LogP contribution in [0.1, 0.15) is 5.56 Å². The van der Waals surface area contributed by atoms with Crippen LogP contribution < -0.4 is 0 Å². The van der Waals surface area contributed by atoms with Crippen LogP contribution in [0.2, 0.25) is 0 Å². The molecule has 0 aliphatic carbocycles. The maximum absolute atomic E-state index is 12.7. The summed E-state index contributed by atoms with van der Waals surface area (Å²) in [5.41, 5.74) is 0.758. The van der Waals surface area contributed by atoms with E-state index in [0.717, 1.165) is 10.5 Å². The number of hydrogen-bond acceptors (Lipinski definition) is 3. The number of hydrogen-bond donors (Lipinski definition) is 0. The summed E-state index contributed by atoms with van der Waals surface area (Å²) < 4.78 is 20.5. The van der Waals surface area contributed by atoms with Gasteiger partial charge in [0, 0.05) is 13.1 Å². The van der Waals surface area contributed by atoms with E-state index in [1.54, 1.807) is 4.90 Å². The molecule has 1 atom stereocenters. The van der Waals surface area contributed by atoms with Gasteiger partial charge in [-0.05, 0) is 19.1 Å². The standard InChI is InChI=1S/C15H19ClN2O3S/c1-12-2-4-13(5-3-12)22(20)18-6-7-21-15(11-18)9-17(10-15)14(19)8-16/h2-5H,6-11H2,1H3. The minimum absolute atomic E-state index is 0.00487. The van der Waals surface area contributed by atoms with Gasteiger partial charge in [-0.15, -0.1) is 11.6 Å². The Labute approximate surface area is 137 Å². The van der Waals surface area contributed by atoms with Crippen molar-refractivity contribution in [3.63, 3.8) is 0 Å². The van der Waals surface area contributed by atoms with Crippen LogP contribution in [0.15, 0.2) is 29.2 Å². The van der Waals surface area contributed by atoms with E-state index < -0.39 is 11.0 Å². The number of likely N-dealkylation sites (tertiary alicyclic amines) is 1. The molecule has 0 saturated carbocycles. The summed E-state index contributed by atoms with van der Waals surface area (Å²) in [6, 6.07) is 7.73. The van der Waals surface area contributed by atoms with Gasteiger partial charge in [0.15, 0.2) is 0 Å². The van der Waals surface area contributed by atoms with Crippen molar-refractivity contribution in [3.8, 4) is 0 Å². The second-order valence-corrected chi connectivity index (χ2v) is 7.59. The average molecular weight is 343 g/mol. The van der Waals surface area contributed by atoms with Crippen LogP contribution in [0.5, 0.6) is 0 Å². The van der Waals surface area contributed by atoms with Gasteiger partial charge in [0.25, 0.3) is 0 Å². The molecule has 2 aliphatic heterocycles. The summed E-state index contributed by atoms with van der Waals surface area (Å²) in [5, 5.41) is 0. The molecule has 2 heterocycles. The molecular formula is C15H19ClN2O3S. The van der Waals surface area contributed by atoms with Gasteiger partial charge >= 0.3 is 0 Å². The molecule has 2 aliphatic rings. The van der Waals surface area contributed by atoms with E-state index in [4.69, 9.17) is 16.3 Å². The highest BCUT2D eigenvalue weighted by Crippen LogP contribution is 2.30. The number of carbonyl (C=O) groups excluding carboxylic acids is 1. The first-order chi connectivity index (χ1) is 10.5. The lowest BCUT2D eigenvalue weighted by molar-refractivity contribution is -0.181. The van der Waals surface area contributed by atoms with Gasteiger partial charge in [0.1, 0.15) is 22.5 Å². The molecule has 1 aromatic rings. The SMILES string of the molecule is Cc1ccc(S(=O)N2CCOC3(CN(C(=O)CCl)C3)C2)cc1. The Morgan fingerprint density at radius 2 is 2.00 bits per heavy atom. The largest absolute Gasteiger partial charge is 0.369 e. The Morgan fingerprint density at radius 3 is 2.64 bits per heavy atom. The smallest absolute Gasteiger partial charge is 0.237 e. The summed E-state index contributed by atoms with van der Waals surface area (Å²) in [6.07, 6.45) is 0. The van der Waals surface area contributed by atoms with Crippen LogP contribution in [0.3, 0.4) is 0 Å². The van der Waals surface area contributed by atoms with Gasteiger partial charge < -0.3 is 9.64 Å². The number of ether oxygens (including phenoxy) is 1. The molecule has 7 heteroatoms. The van der Waals surface area contributed by atoms with Crippen molar-refractivity contribution in [2.24, 2.45) is 0 Å². The van der Waals surface area contributed by atoms with E-state index in [1.807, 2.05) is 35.5 Å². The molecule has 0 radical (unpaired) electrons. The van der Waals surface area contributed by atoms with Gasteiger partial charge in [-0.2, -0.15) is 0 Å². The van der Waals surface area contributed by atoms with Gasteiger partial charge in [0.05, 0.1) is 24.6 Å². The average Bonchev–Trinajstić information content (AvgIpc) is 2.52. The molecule has 1 amide bonds. The highest BCUT2D eigenvalue weighted by atomic mass is 35.5. The first-order valence-electron chi connectivity index (χ1n) is 7.24. The van der Waals surface area contributed by atoms with E-state index in [9.17, 15) is 9.00 Å². The fourth-order valence-corrected chi connectivity index (χ4v) is 4.29. The zero-order valence-corrected chi connectivity index (χ0v) is 14.0. The Hall–Kier alpha value is -0.950. The van der Waals surface area contributed by atoms with E-state index in [-0.39, 0.29) is 17.4 Å². The Balaban J connectivity index is 1.65. The molecule has 2 fully saturated rings.